The Labute approximate surface area is 794 Å². The molecular formula is C104H108F8N2O20S2. The fraction of sp³-hybridized carbons (Fsp3) is 0.404. The first-order valence-corrected chi connectivity index (χ1v) is 45.9. The van der Waals surface area contributed by atoms with Crippen molar-refractivity contribution in [3.05, 3.63) is 215 Å². The summed E-state index contributed by atoms with van der Waals surface area (Å²) < 4.78 is 175. The van der Waals surface area contributed by atoms with E-state index >= 15 is 8.78 Å². The zero-order valence-electron chi connectivity index (χ0n) is 75.2. The van der Waals surface area contributed by atoms with E-state index in [1.54, 1.807) is 72.8 Å². The van der Waals surface area contributed by atoms with Gasteiger partial charge < -0.3 is 67.5 Å². The zero-order valence-corrected chi connectivity index (χ0v) is 76.8. The summed E-state index contributed by atoms with van der Waals surface area (Å²) >= 11 is 11.9. The van der Waals surface area contributed by atoms with Crippen LogP contribution in [-0.2, 0) is 98.6 Å². The predicted octanol–water partition coefficient (Wildman–Crippen LogP) is 19.0. The van der Waals surface area contributed by atoms with Gasteiger partial charge in [-0.25, -0.2) is 23.2 Å². The number of alkyl halides is 6. The average molecular weight is 1920 g/mol. The van der Waals surface area contributed by atoms with Crippen molar-refractivity contribution in [2.24, 2.45) is 29.6 Å². The van der Waals surface area contributed by atoms with Crippen molar-refractivity contribution in [2.45, 2.75) is 147 Å². The molecule has 0 spiro atoms. The Morgan fingerprint density at radius 3 is 1.17 bits per heavy atom. The minimum atomic E-state index is -4.94. The molecule has 3 atom stereocenters. The van der Waals surface area contributed by atoms with Crippen LogP contribution in [0.2, 0.25) is 0 Å². The molecule has 2 aliphatic rings. The monoisotopic (exact) mass is 1920 g/mol. The maximum absolute atomic E-state index is 16.2. The van der Waals surface area contributed by atoms with Gasteiger partial charge in [0, 0.05) is 97.9 Å². The molecule has 0 radical (unpaired) electrons. The number of fused-ring (bicyclic) bond motifs is 2. The van der Waals surface area contributed by atoms with Crippen LogP contribution in [0.1, 0.15) is 143 Å². The summed E-state index contributed by atoms with van der Waals surface area (Å²) in [6, 6.07) is 45.8. The van der Waals surface area contributed by atoms with Gasteiger partial charge in [-0.2, -0.15) is 26.3 Å². The molecule has 32 heteroatoms. The maximum Gasteiger partial charge on any atom is 0.422 e. The lowest BCUT2D eigenvalue weighted by atomic mass is 9.82. The lowest BCUT2D eigenvalue weighted by Gasteiger charge is -2.26. The fourth-order valence-electron chi connectivity index (χ4n) is 15.2. The van der Waals surface area contributed by atoms with Crippen LogP contribution in [0, 0.1) is 65.9 Å². The number of halogens is 8. The minimum Gasteiger partial charge on any atom is -0.493 e. The molecule has 0 aliphatic heterocycles. The lowest BCUT2D eigenvalue weighted by molar-refractivity contribution is -0.195. The number of terminal acetylenes is 2. The fourth-order valence-corrected chi connectivity index (χ4v) is 15.8. The van der Waals surface area contributed by atoms with Crippen molar-refractivity contribution >= 4 is 116 Å². The van der Waals surface area contributed by atoms with Crippen LogP contribution < -0.4 is 20.1 Å². The largest absolute Gasteiger partial charge is 0.493 e. The van der Waals surface area contributed by atoms with Gasteiger partial charge in [-0.15, -0.1) is 12.8 Å². The SMILES string of the molecule is C#CC(=O)OCCCOc1ccc(CCOC(=O)C2CCC(C(=O)OCCC(CCCOCCOC(=O)C(=C)C(F)(F)F)NC(=S)c3ccc4cc(-c5ccc(/C=C/c6ccc(-c7ccc8cc(C(=S)NC(CCCOCCOC(=O)C(C)C(F)(F)F)CCOC(=O)C9CCC(C(=O)OCCc%10ccc(OCCCOC(=O)C#C)cc%10)CC9)ccc8c7)c(F)c6)cc5F)ccc4c3)CC2)cc1. The highest BCUT2D eigenvalue weighted by molar-refractivity contribution is 7.81. The molecule has 2 saturated carbocycles. The summed E-state index contributed by atoms with van der Waals surface area (Å²) in [6.07, 6.45) is 11.5. The Bertz CT molecular complexity index is 5560. The summed E-state index contributed by atoms with van der Waals surface area (Å²) in [4.78, 5) is 99.7. The standard InChI is InChI=1S/C104H108F8N2O20S2/c1-5-93(115)127-51-9-49-125-87-37-15-69(16-38-87)43-53-129-99(119)73-21-25-75(26-22-73)101(121)131-55-45-85(11-7-47-123-57-59-133-97(117)67(3)103(107,108)109)113-95(135)83-35-31-77-63-81(33-29-79(77)65-83)89-41-19-71(61-91(89)105)13-14-72-20-42-90(92(106)62-72)82-34-30-80-66-84(36-32-78(80)64-82)96(136)114-86(12-8-48-124-58-60-134-98(118)68(4)104(110,111)112)46-56-132-102(122)76-27-23-74(24-28-76)100(120)130-54-44-70-17-39-88(40-18-70)126-50-10-52-128-94(116)6-2/h1-2,13-20,29-42,61-66,68,73-76,85-86H,3,7-12,21-28,43-60H2,4H3,(H,113,135)(H,114,136)/b14-13+. The minimum absolute atomic E-state index is 0.0243. The van der Waals surface area contributed by atoms with Crippen LogP contribution >= 0.6 is 24.4 Å². The number of hydrogen-bond acceptors (Lipinski definition) is 22. The summed E-state index contributed by atoms with van der Waals surface area (Å²) in [7, 11) is 0. The van der Waals surface area contributed by atoms with E-state index in [1.807, 2.05) is 96.8 Å². The Hall–Kier alpha value is -12.6. The van der Waals surface area contributed by atoms with Crippen molar-refractivity contribution in [3.63, 3.8) is 0 Å². The lowest BCUT2D eigenvalue weighted by Crippen LogP contribution is -2.36. The number of nitrogens with one attached hydrogen (secondary N) is 2. The van der Waals surface area contributed by atoms with Crippen LogP contribution in [-0.4, -0.2) is 175 Å². The number of ether oxygens (including phenoxy) is 12. The van der Waals surface area contributed by atoms with E-state index in [0.29, 0.717) is 195 Å². The van der Waals surface area contributed by atoms with Crippen molar-refractivity contribution in [1.82, 2.24) is 10.6 Å². The molecule has 2 N–H and O–H groups in total. The molecule has 2 aliphatic carbocycles. The third-order valence-electron chi connectivity index (χ3n) is 23.1. The van der Waals surface area contributed by atoms with Gasteiger partial charge in [0.2, 0.25) is 0 Å². The first kappa shape index (κ1) is 105. The van der Waals surface area contributed by atoms with Crippen LogP contribution in [0.3, 0.4) is 0 Å². The van der Waals surface area contributed by atoms with Crippen molar-refractivity contribution in [2.75, 3.05) is 92.5 Å². The number of benzene rings is 8. The summed E-state index contributed by atoms with van der Waals surface area (Å²) in [6.45, 7) is 3.99. The van der Waals surface area contributed by atoms with Gasteiger partial charge >= 0.3 is 60.1 Å². The number of carbonyl (C=O) groups is 8. The average Bonchev–Trinajstić information content (AvgIpc) is 0.770. The molecular weight excluding hydrogens is 1810 g/mol. The first-order chi connectivity index (χ1) is 65.4. The zero-order chi connectivity index (χ0) is 97.5. The van der Waals surface area contributed by atoms with Crippen LogP contribution in [0.4, 0.5) is 35.1 Å². The highest BCUT2D eigenvalue weighted by Crippen LogP contribution is 2.36. The maximum atomic E-state index is 16.2. The van der Waals surface area contributed by atoms with Gasteiger partial charge in [0.1, 0.15) is 57.8 Å². The molecule has 0 aromatic heterocycles. The molecule has 0 bridgehead atoms. The molecule has 10 rings (SSSR count). The summed E-state index contributed by atoms with van der Waals surface area (Å²) in [5.74, 6) is -5.73. The molecule has 22 nitrogen and oxygen atoms in total. The second-order valence-electron chi connectivity index (χ2n) is 32.9. The van der Waals surface area contributed by atoms with Crippen molar-refractivity contribution in [1.29, 1.82) is 0 Å². The summed E-state index contributed by atoms with van der Waals surface area (Å²) in [5, 5.41) is 9.98. The molecule has 8 aromatic carbocycles. The predicted molar refractivity (Wildman–Crippen MR) is 501 cm³/mol. The van der Waals surface area contributed by atoms with Crippen LogP contribution in [0.25, 0.3) is 56.0 Å². The van der Waals surface area contributed by atoms with E-state index in [4.69, 9.17) is 89.4 Å². The Kier molecular flexibility index (Phi) is 41.6. The number of hydrogen-bond donors (Lipinski definition) is 2. The van der Waals surface area contributed by atoms with E-state index in [1.165, 1.54) is 12.1 Å². The highest BCUT2D eigenvalue weighted by Gasteiger charge is 2.43. The third kappa shape index (κ3) is 34.3. The number of thiocarbonyl (C=S) groups is 2. The quantitative estimate of drug-likeness (QED) is 0.00413. The van der Waals surface area contributed by atoms with Gasteiger partial charge in [0.15, 0.2) is 0 Å². The number of esters is 8. The van der Waals surface area contributed by atoms with Gasteiger partial charge in [-0.1, -0.05) is 140 Å². The Morgan fingerprint density at radius 1 is 0.419 bits per heavy atom. The van der Waals surface area contributed by atoms with Crippen LogP contribution in [0.15, 0.2) is 170 Å². The van der Waals surface area contributed by atoms with E-state index in [9.17, 15) is 64.7 Å². The normalized spacial score (nSPS) is 15.5. The number of carbonyl (C=O) groups excluding carboxylic acids is 8. The Balaban J connectivity index is 0.682. The summed E-state index contributed by atoms with van der Waals surface area (Å²) in [5.41, 5.74) is 4.52. The van der Waals surface area contributed by atoms with Crippen molar-refractivity contribution < 1.29 is 130 Å². The van der Waals surface area contributed by atoms with Gasteiger partial charge in [-0.3, -0.25) is 24.0 Å². The molecule has 136 heavy (non-hydrogen) atoms. The molecule has 8 aromatic rings. The molecule has 0 amide bonds. The first-order valence-electron chi connectivity index (χ1n) is 45.0. The van der Waals surface area contributed by atoms with E-state index in [0.717, 1.165) is 39.6 Å². The third-order valence-corrected chi connectivity index (χ3v) is 23.9. The smallest absolute Gasteiger partial charge is 0.422 e. The Morgan fingerprint density at radius 2 is 0.794 bits per heavy atom. The van der Waals surface area contributed by atoms with Crippen molar-refractivity contribution in [3.8, 4) is 58.4 Å². The molecule has 0 saturated heterocycles. The number of rotatable bonds is 50. The van der Waals surface area contributed by atoms with Gasteiger partial charge in [-0.05, 0) is 200 Å². The topological polar surface area (TPSA) is 271 Å². The van der Waals surface area contributed by atoms with E-state index < -0.39 is 83.8 Å². The van der Waals surface area contributed by atoms with Crippen LogP contribution in [0.5, 0.6) is 11.5 Å². The van der Waals surface area contributed by atoms with E-state index in [2.05, 4.69) is 21.9 Å². The molecule has 722 valence electrons. The second kappa shape index (κ2) is 53.6. The van der Waals surface area contributed by atoms with E-state index in [-0.39, 0.29) is 115 Å². The molecule has 2 fully saturated rings. The molecule has 0 heterocycles. The van der Waals surface area contributed by atoms with Gasteiger partial charge in [0.05, 0.1) is 89.7 Å². The van der Waals surface area contributed by atoms with Gasteiger partial charge in [0.25, 0.3) is 0 Å². The molecule has 3 unspecified atom stereocenters. The highest BCUT2D eigenvalue weighted by atomic mass is 32.1. The second-order valence-corrected chi connectivity index (χ2v) is 33.7.